The van der Waals surface area contributed by atoms with E-state index in [1.165, 1.54) is 19.3 Å². The molecule has 1 saturated carbocycles. The first-order valence-electron chi connectivity index (χ1n) is 4.94. The normalized spacial score (nSPS) is 26.7. The Hall–Kier alpha value is -0.770. The van der Waals surface area contributed by atoms with Crippen molar-refractivity contribution in [1.29, 1.82) is 0 Å². The van der Waals surface area contributed by atoms with Gasteiger partial charge in [0, 0.05) is 6.04 Å². The van der Waals surface area contributed by atoms with Crippen LogP contribution in [0.5, 0.6) is 0 Å². The highest BCUT2D eigenvalue weighted by molar-refractivity contribution is 6.16. The van der Waals surface area contributed by atoms with Gasteiger partial charge in [-0.2, -0.15) is 0 Å². The minimum atomic E-state index is 0.273. The van der Waals surface area contributed by atoms with Crippen molar-refractivity contribution >= 4 is 17.6 Å². The fraction of sp³-hybridized carbons (Fsp3) is 0.778. The van der Waals surface area contributed by atoms with Crippen LogP contribution in [0.1, 0.15) is 32.1 Å². The molecule has 0 saturated heterocycles. The lowest BCUT2D eigenvalue weighted by Crippen LogP contribution is -2.21. The van der Waals surface area contributed by atoms with Crippen molar-refractivity contribution < 1.29 is 4.42 Å². The molecule has 4 nitrogen and oxygen atoms in total. The number of aromatic nitrogens is 2. The summed E-state index contributed by atoms with van der Waals surface area (Å²) in [5.74, 6) is 1.43. The molecule has 78 valence electrons. The number of halogens is 1. The van der Waals surface area contributed by atoms with Crippen LogP contribution < -0.4 is 5.32 Å². The van der Waals surface area contributed by atoms with Crippen LogP contribution in [0.4, 0.5) is 6.01 Å². The van der Waals surface area contributed by atoms with Gasteiger partial charge < -0.3 is 9.73 Å². The molecule has 0 radical (unpaired) electrons. The standard InChI is InChI=1S/C9H14ClN3O/c1-6-3-2-4-7(6)11-9-13-12-8(5-10)14-9/h6-7H,2-5H2,1H3,(H,11,13). The average Bonchev–Trinajstić information content (AvgIpc) is 2.77. The van der Waals surface area contributed by atoms with Gasteiger partial charge in [-0.05, 0) is 18.8 Å². The minimum absolute atomic E-state index is 0.273. The number of nitrogens with one attached hydrogen (secondary N) is 1. The summed E-state index contributed by atoms with van der Waals surface area (Å²) >= 11 is 5.56. The number of anilines is 1. The first-order chi connectivity index (χ1) is 6.79. The summed E-state index contributed by atoms with van der Waals surface area (Å²) < 4.78 is 5.28. The van der Waals surface area contributed by atoms with E-state index in [0.717, 1.165) is 0 Å². The summed E-state index contributed by atoms with van der Waals surface area (Å²) in [6, 6.07) is 0.970. The Morgan fingerprint density at radius 1 is 1.50 bits per heavy atom. The Morgan fingerprint density at radius 3 is 2.93 bits per heavy atom. The van der Waals surface area contributed by atoms with Gasteiger partial charge in [-0.1, -0.05) is 18.4 Å². The van der Waals surface area contributed by atoms with Crippen molar-refractivity contribution in [2.45, 2.75) is 38.1 Å². The van der Waals surface area contributed by atoms with Gasteiger partial charge in [-0.15, -0.1) is 16.7 Å². The van der Waals surface area contributed by atoms with Crippen LogP contribution in [0.2, 0.25) is 0 Å². The minimum Gasteiger partial charge on any atom is -0.407 e. The van der Waals surface area contributed by atoms with Crippen LogP contribution in [0.3, 0.4) is 0 Å². The lowest BCUT2D eigenvalue weighted by atomic mass is 10.1. The maximum atomic E-state index is 5.56. The van der Waals surface area contributed by atoms with Gasteiger partial charge in [-0.25, -0.2) is 0 Å². The molecule has 1 aliphatic carbocycles. The van der Waals surface area contributed by atoms with E-state index >= 15 is 0 Å². The molecule has 0 bridgehead atoms. The highest BCUT2D eigenvalue weighted by Crippen LogP contribution is 2.27. The first-order valence-corrected chi connectivity index (χ1v) is 5.48. The molecule has 1 aliphatic rings. The lowest BCUT2D eigenvalue weighted by Gasteiger charge is -2.14. The summed E-state index contributed by atoms with van der Waals surface area (Å²) in [7, 11) is 0. The predicted octanol–water partition coefficient (Wildman–Crippen LogP) is 2.41. The topological polar surface area (TPSA) is 51.0 Å². The third kappa shape index (κ3) is 2.00. The molecular formula is C9H14ClN3O. The molecule has 1 fully saturated rings. The van der Waals surface area contributed by atoms with Crippen molar-refractivity contribution in [2.75, 3.05) is 5.32 Å². The zero-order valence-electron chi connectivity index (χ0n) is 8.16. The van der Waals surface area contributed by atoms with Crippen LogP contribution in [-0.2, 0) is 5.88 Å². The monoisotopic (exact) mass is 215 g/mol. The summed E-state index contributed by atoms with van der Waals surface area (Å²) in [6.07, 6.45) is 3.73. The number of hydrogen-bond donors (Lipinski definition) is 1. The smallest absolute Gasteiger partial charge is 0.315 e. The molecule has 1 aromatic heterocycles. The molecule has 2 unspecified atom stereocenters. The van der Waals surface area contributed by atoms with Gasteiger partial charge in [-0.3, -0.25) is 0 Å². The number of alkyl halides is 1. The molecule has 14 heavy (non-hydrogen) atoms. The Labute approximate surface area is 88.0 Å². The number of rotatable bonds is 3. The zero-order chi connectivity index (χ0) is 9.97. The Bertz CT molecular complexity index is 302. The molecular weight excluding hydrogens is 202 g/mol. The second kappa shape index (κ2) is 4.17. The molecule has 1 aromatic rings. The van der Waals surface area contributed by atoms with E-state index in [4.69, 9.17) is 16.0 Å². The second-order valence-electron chi connectivity index (χ2n) is 3.79. The van der Waals surface area contributed by atoms with Crippen LogP contribution in [-0.4, -0.2) is 16.2 Å². The van der Waals surface area contributed by atoms with Crippen molar-refractivity contribution in [1.82, 2.24) is 10.2 Å². The molecule has 0 aliphatic heterocycles. The van der Waals surface area contributed by atoms with E-state index in [1.54, 1.807) is 0 Å². The van der Waals surface area contributed by atoms with Gasteiger partial charge >= 0.3 is 6.01 Å². The van der Waals surface area contributed by atoms with E-state index < -0.39 is 0 Å². The highest BCUT2D eigenvalue weighted by Gasteiger charge is 2.24. The highest BCUT2D eigenvalue weighted by atomic mass is 35.5. The van der Waals surface area contributed by atoms with E-state index in [0.29, 0.717) is 23.9 Å². The zero-order valence-corrected chi connectivity index (χ0v) is 8.92. The number of hydrogen-bond acceptors (Lipinski definition) is 4. The Morgan fingerprint density at radius 2 is 2.36 bits per heavy atom. The molecule has 5 heteroatoms. The summed E-state index contributed by atoms with van der Waals surface area (Å²) in [5.41, 5.74) is 0. The molecule has 1 N–H and O–H groups in total. The maximum Gasteiger partial charge on any atom is 0.315 e. The summed E-state index contributed by atoms with van der Waals surface area (Å²) in [4.78, 5) is 0. The fourth-order valence-corrected chi connectivity index (χ4v) is 1.99. The van der Waals surface area contributed by atoms with Crippen LogP contribution in [0.25, 0.3) is 0 Å². The Kier molecular flexibility index (Phi) is 2.91. The molecule has 2 rings (SSSR count). The van der Waals surface area contributed by atoms with Crippen molar-refractivity contribution in [3.63, 3.8) is 0 Å². The van der Waals surface area contributed by atoms with Gasteiger partial charge in [0.15, 0.2) is 0 Å². The first kappa shape index (κ1) is 9.77. The number of nitrogens with zero attached hydrogens (tertiary/aromatic N) is 2. The van der Waals surface area contributed by atoms with E-state index in [-0.39, 0.29) is 5.88 Å². The van der Waals surface area contributed by atoms with Crippen molar-refractivity contribution in [3.05, 3.63) is 5.89 Å². The van der Waals surface area contributed by atoms with Crippen molar-refractivity contribution in [3.8, 4) is 0 Å². The lowest BCUT2D eigenvalue weighted by molar-refractivity contribution is 0.494. The second-order valence-corrected chi connectivity index (χ2v) is 4.06. The SMILES string of the molecule is CC1CCCC1Nc1nnc(CCl)o1. The fourth-order valence-electron chi connectivity index (χ4n) is 1.88. The largest absolute Gasteiger partial charge is 0.407 e. The van der Waals surface area contributed by atoms with Gasteiger partial charge in [0.2, 0.25) is 5.89 Å². The average molecular weight is 216 g/mol. The summed E-state index contributed by atoms with van der Waals surface area (Å²) in [5, 5.41) is 10.9. The molecule has 1 heterocycles. The third-order valence-electron chi connectivity index (χ3n) is 2.75. The maximum absolute atomic E-state index is 5.56. The Balaban J connectivity index is 1.96. The molecule has 0 aromatic carbocycles. The quantitative estimate of drug-likeness (QED) is 0.787. The molecule has 0 spiro atoms. The van der Waals surface area contributed by atoms with Crippen LogP contribution >= 0.6 is 11.6 Å². The molecule has 0 amide bonds. The predicted molar refractivity (Wildman–Crippen MR) is 54.3 cm³/mol. The van der Waals surface area contributed by atoms with E-state index in [2.05, 4.69) is 22.4 Å². The van der Waals surface area contributed by atoms with Crippen LogP contribution in [0.15, 0.2) is 4.42 Å². The van der Waals surface area contributed by atoms with Crippen LogP contribution in [0, 0.1) is 5.92 Å². The third-order valence-corrected chi connectivity index (χ3v) is 2.98. The summed E-state index contributed by atoms with van der Waals surface area (Å²) in [6.45, 7) is 2.24. The van der Waals surface area contributed by atoms with E-state index in [1.807, 2.05) is 0 Å². The van der Waals surface area contributed by atoms with Gasteiger partial charge in [0.25, 0.3) is 0 Å². The van der Waals surface area contributed by atoms with Gasteiger partial charge in [0.05, 0.1) is 0 Å². The van der Waals surface area contributed by atoms with E-state index in [9.17, 15) is 0 Å². The van der Waals surface area contributed by atoms with Gasteiger partial charge in [0.1, 0.15) is 5.88 Å². The molecule has 2 atom stereocenters. The van der Waals surface area contributed by atoms with Crippen molar-refractivity contribution in [2.24, 2.45) is 5.92 Å².